The number of benzene rings is 2. The van der Waals surface area contributed by atoms with Crippen LogP contribution >= 0.6 is 34.8 Å². The molecule has 2 unspecified atom stereocenters. The number of hydrogen-bond acceptors (Lipinski definition) is 4. The van der Waals surface area contributed by atoms with Crippen molar-refractivity contribution >= 4 is 52.1 Å². The highest BCUT2D eigenvalue weighted by molar-refractivity contribution is 6.35. The van der Waals surface area contributed by atoms with Gasteiger partial charge in [-0.15, -0.1) is 0 Å². The number of nitrogens with zero attached hydrogens (tertiary/aromatic N) is 3. The number of carbonyl (C=O) groups is 1. The Kier molecular flexibility index (Phi) is 8.14. The van der Waals surface area contributed by atoms with E-state index in [-0.39, 0.29) is 23.8 Å². The number of halogens is 3. The second-order valence-corrected chi connectivity index (χ2v) is 10.5. The number of nitriles is 1. The molecule has 2 aromatic carbocycles. The third kappa shape index (κ3) is 5.74. The molecule has 0 saturated carbocycles. The van der Waals surface area contributed by atoms with E-state index < -0.39 is 0 Å². The van der Waals surface area contributed by atoms with Gasteiger partial charge in [0.1, 0.15) is 0 Å². The van der Waals surface area contributed by atoms with Crippen LogP contribution in [0, 0.1) is 23.2 Å². The summed E-state index contributed by atoms with van der Waals surface area (Å²) < 4.78 is 0. The first-order chi connectivity index (χ1) is 16.4. The van der Waals surface area contributed by atoms with Gasteiger partial charge in [0.15, 0.2) is 0 Å². The minimum absolute atomic E-state index is 0.0251. The van der Waals surface area contributed by atoms with E-state index in [0.29, 0.717) is 21.6 Å². The summed E-state index contributed by atoms with van der Waals surface area (Å²) in [7, 11) is 0. The maximum Gasteiger partial charge on any atom is 0.225 e. The van der Waals surface area contributed by atoms with Crippen LogP contribution in [-0.2, 0) is 4.79 Å². The number of hydrogen-bond donors (Lipinski definition) is 1. The van der Waals surface area contributed by atoms with E-state index in [9.17, 15) is 10.1 Å². The topological polar surface area (TPSA) is 59.4 Å². The third-order valence-electron chi connectivity index (χ3n) is 6.88. The fourth-order valence-corrected chi connectivity index (χ4v) is 5.65. The predicted molar refractivity (Wildman–Crippen MR) is 140 cm³/mol. The molecule has 0 aliphatic carbocycles. The Hall–Kier alpha value is -2.13. The molecule has 2 aliphatic rings. The zero-order valence-electron chi connectivity index (χ0n) is 19.2. The summed E-state index contributed by atoms with van der Waals surface area (Å²) in [6.07, 6.45) is 3.45. The Bertz CT molecular complexity index is 1080. The van der Waals surface area contributed by atoms with Gasteiger partial charge in [0, 0.05) is 47.8 Å². The van der Waals surface area contributed by atoms with E-state index in [4.69, 9.17) is 34.8 Å². The average Bonchev–Trinajstić information content (AvgIpc) is 2.85. The normalized spacial score (nSPS) is 20.0. The predicted octanol–water partition coefficient (Wildman–Crippen LogP) is 6.80. The number of piperidine rings is 2. The van der Waals surface area contributed by atoms with E-state index >= 15 is 0 Å². The number of anilines is 2. The van der Waals surface area contributed by atoms with E-state index in [0.717, 1.165) is 62.3 Å². The van der Waals surface area contributed by atoms with E-state index in [1.165, 1.54) is 0 Å². The molecule has 0 spiro atoms. The van der Waals surface area contributed by atoms with Crippen LogP contribution in [-0.4, -0.2) is 37.0 Å². The van der Waals surface area contributed by atoms with Crippen molar-refractivity contribution in [2.75, 3.05) is 36.4 Å². The average molecular weight is 520 g/mol. The van der Waals surface area contributed by atoms with Crippen molar-refractivity contribution in [1.29, 1.82) is 5.26 Å². The van der Waals surface area contributed by atoms with Gasteiger partial charge in [0.05, 0.1) is 28.7 Å². The lowest BCUT2D eigenvalue weighted by molar-refractivity contribution is -0.137. The smallest absolute Gasteiger partial charge is 0.225 e. The Morgan fingerprint density at radius 2 is 1.82 bits per heavy atom. The van der Waals surface area contributed by atoms with Crippen LogP contribution in [0.4, 0.5) is 11.4 Å². The molecule has 2 aliphatic heterocycles. The molecule has 2 fully saturated rings. The van der Waals surface area contributed by atoms with Crippen LogP contribution in [0.15, 0.2) is 36.4 Å². The van der Waals surface area contributed by atoms with Gasteiger partial charge in [0.25, 0.3) is 0 Å². The lowest BCUT2D eigenvalue weighted by atomic mass is 9.92. The molecule has 0 radical (unpaired) electrons. The second kappa shape index (κ2) is 11.1. The van der Waals surface area contributed by atoms with Crippen molar-refractivity contribution in [2.24, 2.45) is 11.8 Å². The van der Waals surface area contributed by atoms with Crippen LogP contribution in [0.2, 0.25) is 15.1 Å². The highest BCUT2D eigenvalue weighted by atomic mass is 35.5. The summed E-state index contributed by atoms with van der Waals surface area (Å²) in [4.78, 5) is 17.2. The van der Waals surface area contributed by atoms with E-state index in [2.05, 4.69) is 22.4 Å². The largest absolute Gasteiger partial charge is 0.377 e. The van der Waals surface area contributed by atoms with Gasteiger partial charge in [0.2, 0.25) is 5.91 Å². The standard InChI is InChI=1S/C26H29Cl3N4O/c1-17(22-6-4-20(27)13-24(22)29)31-25-14-21(5-7-23(25)28)32-11-8-19(9-12-32)26(34)33-10-2-3-18(15-30)16-33/h4-7,13-14,17-19,31H,2-3,8-12,16H2,1H3. The van der Waals surface area contributed by atoms with Crippen molar-refractivity contribution in [3.63, 3.8) is 0 Å². The van der Waals surface area contributed by atoms with Gasteiger partial charge in [-0.1, -0.05) is 40.9 Å². The molecule has 8 heteroatoms. The molecule has 2 heterocycles. The summed E-state index contributed by atoms with van der Waals surface area (Å²) in [5.74, 6) is 0.223. The third-order valence-corrected chi connectivity index (χ3v) is 7.77. The van der Waals surface area contributed by atoms with Gasteiger partial charge < -0.3 is 15.1 Å². The molecular formula is C26H29Cl3N4O. The molecule has 34 heavy (non-hydrogen) atoms. The fraction of sp³-hybridized carbons (Fsp3) is 0.462. The summed E-state index contributed by atoms with van der Waals surface area (Å²) in [5, 5.41) is 14.6. The SMILES string of the molecule is CC(Nc1cc(N2CCC(C(=O)N3CCCC(C#N)C3)CC2)ccc1Cl)c1ccc(Cl)cc1Cl. The summed E-state index contributed by atoms with van der Waals surface area (Å²) >= 11 is 18.9. The van der Waals surface area contributed by atoms with Gasteiger partial charge >= 0.3 is 0 Å². The summed E-state index contributed by atoms with van der Waals surface area (Å²) in [5.41, 5.74) is 2.87. The molecule has 1 N–H and O–H groups in total. The minimum atomic E-state index is -0.0531. The van der Waals surface area contributed by atoms with E-state index in [1.807, 2.05) is 36.1 Å². The van der Waals surface area contributed by atoms with Gasteiger partial charge in [-0.3, -0.25) is 4.79 Å². The summed E-state index contributed by atoms with van der Waals surface area (Å²) in [6.45, 7) is 5.01. The number of rotatable bonds is 5. The number of amides is 1. The minimum Gasteiger partial charge on any atom is -0.377 e. The molecule has 180 valence electrons. The zero-order chi connectivity index (χ0) is 24.2. The Labute approximate surface area is 216 Å². The van der Waals surface area contributed by atoms with Crippen molar-refractivity contribution in [2.45, 2.75) is 38.6 Å². The molecule has 5 nitrogen and oxygen atoms in total. The van der Waals surface area contributed by atoms with Crippen LogP contribution < -0.4 is 10.2 Å². The molecule has 2 aromatic rings. The highest BCUT2D eigenvalue weighted by Gasteiger charge is 2.31. The Balaban J connectivity index is 1.39. The summed E-state index contributed by atoms with van der Waals surface area (Å²) in [6, 6.07) is 13.8. The Morgan fingerprint density at radius 1 is 1.06 bits per heavy atom. The quantitative estimate of drug-likeness (QED) is 0.472. The van der Waals surface area contributed by atoms with Gasteiger partial charge in [-0.2, -0.15) is 5.26 Å². The molecular weight excluding hydrogens is 491 g/mol. The molecule has 0 bridgehead atoms. The van der Waals surface area contributed by atoms with Crippen LogP contribution in [0.3, 0.4) is 0 Å². The second-order valence-electron chi connectivity index (χ2n) is 9.21. The zero-order valence-corrected chi connectivity index (χ0v) is 21.5. The molecule has 2 atom stereocenters. The first-order valence-electron chi connectivity index (χ1n) is 11.8. The van der Waals surface area contributed by atoms with Gasteiger partial charge in [-0.25, -0.2) is 0 Å². The molecule has 2 saturated heterocycles. The number of carbonyl (C=O) groups excluding carboxylic acids is 1. The monoisotopic (exact) mass is 518 g/mol. The first-order valence-corrected chi connectivity index (χ1v) is 12.9. The lowest BCUT2D eigenvalue weighted by Gasteiger charge is -2.37. The van der Waals surface area contributed by atoms with Crippen LogP contribution in [0.25, 0.3) is 0 Å². The number of likely N-dealkylation sites (tertiary alicyclic amines) is 1. The van der Waals surface area contributed by atoms with Crippen molar-refractivity contribution in [1.82, 2.24) is 4.90 Å². The van der Waals surface area contributed by atoms with Crippen LogP contribution in [0.5, 0.6) is 0 Å². The maximum atomic E-state index is 13.0. The van der Waals surface area contributed by atoms with Gasteiger partial charge in [-0.05, 0) is 68.5 Å². The molecule has 1 amide bonds. The highest BCUT2D eigenvalue weighted by Crippen LogP contribution is 2.34. The molecule has 4 rings (SSSR count). The van der Waals surface area contributed by atoms with Crippen molar-refractivity contribution in [3.8, 4) is 6.07 Å². The maximum absolute atomic E-state index is 13.0. The Morgan fingerprint density at radius 3 is 2.53 bits per heavy atom. The van der Waals surface area contributed by atoms with Crippen molar-refractivity contribution < 1.29 is 4.79 Å². The first kappa shape index (κ1) is 25.0. The van der Waals surface area contributed by atoms with E-state index in [1.54, 1.807) is 6.07 Å². The number of nitrogens with one attached hydrogen (secondary N) is 1. The molecule has 0 aromatic heterocycles. The lowest BCUT2D eigenvalue weighted by Crippen LogP contribution is -2.46. The van der Waals surface area contributed by atoms with Crippen LogP contribution in [0.1, 0.15) is 44.2 Å². The van der Waals surface area contributed by atoms with Crippen molar-refractivity contribution in [3.05, 3.63) is 57.0 Å². The fourth-order valence-electron chi connectivity index (χ4n) is 4.91.